The monoisotopic (exact) mass is 368 g/mol. The number of thioether (sulfide) groups is 1. The highest BCUT2D eigenvalue weighted by atomic mass is 32.2. The summed E-state index contributed by atoms with van der Waals surface area (Å²) in [6, 6.07) is 20.4. The van der Waals surface area contributed by atoms with E-state index in [0.717, 1.165) is 30.6 Å². The number of amides is 2. The number of hydrogen-bond acceptors (Lipinski definition) is 3. The lowest BCUT2D eigenvalue weighted by atomic mass is 9.99. The van der Waals surface area contributed by atoms with Crippen LogP contribution in [-0.4, -0.2) is 34.9 Å². The number of nitrogens with zero attached hydrogens (tertiary/aromatic N) is 1. The molecule has 1 atom stereocenters. The first-order valence-electron chi connectivity index (χ1n) is 9.02. The molecule has 1 aliphatic heterocycles. The van der Waals surface area contributed by atoms with Crippen LogP contribution in [0.25, 0.3) is 0 Å². The fourth-order valence-electron chi connectivity index (χ4n) is 3.15. The van der Waals surface area contributed by atoms with Gasteiger partial charge in [-0.05, 0) is 30.4 Å². The summed E-state index contributed by atoms with van der Waals surface area (Å²) >= 11 is 1.28. The zero-order valence-electron chi connectivity index (χ0n) is 14.8. The third kappa shape index (κ3) is 5.36. The molecule has 1 aliphatic rings. The molecule has 0 aliphatic carbocycles. The van der Waals surface area contributed by atoms with E-state index in [1.807, 2.05) is 36.4 Å². The number of aryl methyl sites for hydroxylation is 1. The van der Waals surface area contributed by atoms with Crippen molar-refractivity contribution < 1.29 is 9.59 Å². The standard InChI is InChI=1S/C21H24N2O2S/c24-20(16-23-14-15-26-21(23)25)22-19(18-11-5-2-6-12-18)13-7-10-17-8-3-1-4-9-17/h1-6,8-9,11-12,19H,7,10,13-16H2,(H,22,24). The van der Waals surface area contributed by atoms with Crippen LogP contribution in [0.15, 0.2) is 60.7 Å². The summed E-state index contributed by atoms with van der Waals surface area (Å²) in [4.78, 5) is 25.8. The first-order valence-corrected chi connectivity index (χ1v) is 10.0. The van der Waals surface area contributed by atoms with Crippen molar-refractivity contribution in [3.05, 3.63) is 71.8 Å². The summed E-state index contributed by atoms with van der Waals surface area (Å²) < 4.78 is 0. The quantitative estimate of drug-likeness (QED) is 0.765. The number of nitrogens with one attached hydrogen (secondary N) is 1. The predicted octanol–water partition coefficient (Wildman–Crippen LogP) is 4.04. The molecule has 2 aromatic carbocycles. The molecule has 2 aromatic rings. The number of carbonyl (C=O) groups is 2. The van der Waals surface area contributed by atoms with Crippen LogP contribution in [0.4, 0.5) is 4.79 Å². The maximum absolute atomic E-state index is 12.4. The van der Waals surface area contributed by atoms with Gasteiger partial charge < -0.3 is 10.2 Å². The Hall–Kier alpha value is -2.27. The van der Waals surface area contributed by atoms with Crippen molar-refractivity contribution in [3.8, 4) is 0 Å². The van der Waals surface area contributed by atoms with E-state index in [-0.39, 0.29) is 23.7 Å². The summed E-state index contributed by atoms with van der Waals surface area (Å²) in [5.41, 5.74) is 2.42. The minimum atomic E-state index is -0.0885. The van der Waals surface area contributed by atoms with Gasteiger partial charge in [0.1, 0.15) is 6.54 Å². The van der Waals surface area contributed by atoms with Crippen molar-refractivity contribution in [2.45, 2.75) is 25.3 Å². The van der Waals surface area contributed by atoms with Crippen LogP contribution in [0.3, 0.4) is 0 Å². The van der Waals surface area contributed by atoms with Crippen molar-refractivity contribution in [1.82, 2.24) is 10.2 Å². The summed E-state index contributed by atoms with van der Waals surface area (Å²) in [5, 5.41) is 3.13. The van der Waals surface area contributed by atoms with Crippen LogP contribution in [0, 0.1) is 0 Å². The molecular formula is C21H24N2O2S. The number of rotatable bonds is 8. The van der Waals surface area contributed by atoms with Crippen molar-refractivity contribution in [3.63, 3.8) is 0 Å². The van der Waals surface area contributed by atoms with Gasteiger partial charge in [-0.3, -0.25) is 9.59 Å². The van der Waals surface area contributed by atoms with Gasteiger partial charge >= 0.3 is 0 Å². The second-order valence-electron chi connectivity index (χ2n) is 6.44. The molecule has 1 N–H and O–H groups in total. The number of benzene rings is 2. The van der Waals surface area contributed by atoms with Crippen LogP contribution >= 0.6 is 11.8 Å². The molecular weight excluding hydrogens is 344 g/mol. The maximum atomic E-state index is 12.4. The molecule has 3 rings (SSSR count). The lowest BCUT2D eigenvalue weighted by molar-refractivity contribution is -0.122. The van der Waals surface area contributed by atoms with Gasteiger partial charge in [-0.1, -0.05) is 72.4 Å². The van der Waals surface area contributed by atoms with Crippen molar-refractivity contribution in [2.24, 2.45) is 0 Å². The van der Waals surface area contributed by atoms with Gasteiger partial charge in [0.05, 0.1) is 6.04 Å². The van der Waals surface area contributed by atoms with E-state index in [1.165, 1.54) is 17.3 Å². The van der Waals surface area contributed by atoms with Crippen LogP contribution < -0.4 is 5.32 Å². The molecule has 0 bridgehead atoms. The van der Waals surface area contributed by atoms with Crippen molar-refractivity contribution >= 4 is 22.9 Å². The topological polar surface area (TPSA) is 49.4 Å². The van der Waals surface area contributed by atoms with E-state index in [2.05, 4.69) is 29.6 Å². The Morgan fingerprint density at radius 2 is 1.77 bits per heavy atom. The summed E-state index contributed by atoms with van der Waals surface area (Å²) in [6.45, 7) is 0.800. The van der Waals surface area contributed by atoms with Crippen molar-refractivity contribution in [1.29, 1.82) is 0 Å². The first-order chi connectivity index (χ1) is 12.7. The Kier molecular flexibility index (Phi) is 6.72. The molecule has 4 nitrogen and oxygen atoms in total. The minimum absolute atomic E-state index is 0.000453. The van der Waals surface area contributed by atoms with E-state index in [1.54, 1.807) is 4.90 Å². The van der Waals surface area contributed by atoms with E-state index in [0.29, 0.717) is 6.54 Å². The smallest absolute Gasteiger partial charge is 0.282 e. The molecule has 0 spiro atoms. The number of hydrogen-bond donors (Lipinski definition) is 1. The highest BCUT2D eigenvalue weighted by molar-refractivity contribution is 8.13. The van der Waals surface area contributed by atoms with Crippen LogP contribution in [0.2, 0.25) is 0 Å². The summed E-state index contributed by atoms with van der Waals surface area (Å²) in [7, 11) is 0. The van der Waals surface area contributed by atoms with Crippen LogP contribution in [0.5, 0.6) is 0 Å². The lowest BCUT2D eigenvalue weighted by Gasteiger charge is -2.21. The average Bonchev–Trinajstić information content (AvgIpc) is 3.07. The second-order valence-corrected chi connectivity index (χ2v) is 7.49. The van der Waals surface area contributed by atoms with Crippen LogP contribution in [0.1, 0.15) is 30.0 Å². The SMILES string of the molecule is O=C(CN1CCSC1=O)NC(CCCc1ccccc1)c1ccccc1. The largest absolute Gasteiger partial charge is 0.348 e. The molecule has 1 heterocycles. The zero-order valence-corrected chi connectivity index (χ0v) is 15.6. The molecule has 1 saturated heterocycles. The van der Waals surface area contributed by atoms with Gasteiger partial charge in [0.2, 0.25) is 5.91 Å². The first kappa shape index (κ1) is 18.5. The van der Waals surface area contributed by atoms with Gasteiger partial charge in [0.15, 0.2) is 0 Å². The fraction of sp³-hybridized carbons (Fsp3) is 0.333. The Bertz CT molecular complexity index is 721. The Morgan fingerprint density at radius 1 is 1.08 bits per heavy atom. The maximum Gasteiger partial charge on any atom is 0.282 e. The molecule has 2 amide bonds. The van der Waals surface area contributed by atoms with Crippen molar-refractivity contribution in [2.75, 3.05) is 18.8 Å². The molecule has 1 unspecified atom stereocenters. The zero-order chi connectivity index (χ0) is 18.2. The van der Waals surface area contributed by atoms with E-state index < -0.39 is 0 Å². The van der Waals surface area contributed by atoms with E-state index in [4.69, 9.17) is 0 Å². The third-order valence-corrected chi connectivity index (χ3v) is 5.41. The average molecular weight is 369 g/mol. The molecule has 5 heteroatoms. The Balaban J connectivity index is 1.58. The second kappa shape index (κ2) is 9.43. The molecule has 0 radical (unpaired) electrons. The minimum Gasteiger partial charge on any atom is -0.348 e. The van der Waals surface area contributed by atoms with Gasteiger partial charge in [-0.2, -0.15) is 0 Å². The summed E-state index contributed by atoms with van der Waals surface area (Å²) in [6.07, 6.45) is 2.84. The normalized spacial score (nSPS) is 15.1. The Labute approximate surface area is 159 Å². The molecule has 0 aromatic heterocycles. The fourth-order valence-corrected chi connectivity index (χ4v) is 3.97. The van der Waals surface area contributed by atoms with Gasteiger partial charge in [-0.15, -0.1) is 0 Å². The van der Waals surface area contributed by atoms with E-state index in [9.17, 15) is 9.59 Å². The van der Waals surface area contributed by atoms with Crippen LogP contribution in [-0.2, 0) is 11.2 Å². The van der Waals surface area contributed by atoms with Gasteiger partial charge in [-0.25, -0.2) is 0 Å². The van der Waals surface area contributed by atoms with Gasteiger partial charge in [0.25, 0.3) is 5.24 Å². The highest BCUT2D eigenvalue weighted by Gasteiger charge is 2.24. The number of carbonyl (C=O) groups excluding carboxylic acids is 2. The molecule has 26 heavy (non-hydrogen) atoms. The summed E-state index contributed by atoms with van der Waals surface area (Å²) in [5.74, 6) is 0.681. The predicted molar refractivity (Wildman–Crippen MR) is 106 cm³/mol. The lowest BCUT2D eigenvalue weighted by Crippen LogP contribution is -2.39. The molecule has 1 fully saturated rings. The third-order valence-electron chi connectivity index (χ3n) is 4.52. The Morgan fingerprint density at radius 3 is 2.42 bits per heavy atom. The highest BCUT2D eigenvalue weighted by Crippen LogP contribution is 2.21. The molecule has 136 valence electrons. The molecule has 0 saturated carbocycles. The van der Waals surface area contributed by atoms with Gasteiger partial charge in [0, 0.05) is 12.3 Å². The van der Waals surface area contributed by atoms with E-state index >= 15 is 0 Å².